The average molecular weight is 412 g/mol. The first kappa shape index (κ1) is 17.2. The topological polar surface area (TPSA) is 68.0 Å². The van der Waals surface area contributed by atoms with E-state index in [-0.39, 0.29) is 11.6 Å². The van der Waals surface area contributed by atoms with E-state index in [1.54, 1.807) is 24.3 Å². The van der Waals surface area contributed by atoms with Gasteiger partial charge in [-0.2, -0.15) is 13.2 Å². The van der Waals surface area contributed by atoms with Crippen LogP contribution in [0, 0.1) is 0 Å². The number of hydrogen-bond acceptors (Lipinski definition) is 4. The van der Waals surface area contributed by atoms with Crippen LogP contribution in [0.2, 0.25) is 0 Å². The third-order valence-electron chi connectivity index (χ3n) is 3.11. The Balaban J connectivity index is 1.97. The number of nitrogens with one attached hydrogen (secondary N) is 1. The van der Waals surface area contributed by atoms with Crippen molar-refractivity contribution in [1.82, 2.24) is 9.97 Å². The Kier molecular flexibility index (Phi) is 4.58. The van der Waals surface area contributed by atoms with Crippen molar-refractivity contribution in [3.8, 4) is 11.5 Å². The van der Waals surface area contributed by atoms with Crippen molar-refractivity contribution < 1.29 is 22.4 Å². The summed E-state index contributed by atoms with van der Waals surface area (Å²) < 4.78 is 44.9. The third-order valence-corrected chi connectivity index (χ3v) is 3.57. The number of amides is 1. The molecule has 1 N–H and O–H groups in total. The minimum Gasteiger partial charge on any atom is -0.431 e. The van der Waals surface area contributed by atoms with Crippen molar-refractivity contribution in [2.24, 2.45) is 0 Å². The van der Waals surface area contributed by atoms with Gasteiger partial charge in [0, 0.05) is 5.56 Å². The summed E-state index contributed by atoms with van der Waals surface area (Å²) in [4.78, 5) is 19.9. The second kappa shape index (κ2) is 6.67. The van der Waals surface area contributed by atoms with Crippen LogP contribution in [0.25, 0.3) is 11.5 Å². The van der Waals surface area contributed by atoms with E-state index >= 15 is 0 Å². The molecule has 5 nitrogen and oxygen atoms in total. The third kappa shape index (κ3) is 3.87. The molecule has 0 spiro atoms. The summed E-state index contributed by atoms with van der Waals surface area (Å²) in [5.74, 6) is -2.77. The first-order valence-electron chi connectivity index (χ1n) is 6.91. The van der Waals surface area contributed by atoms with E-state index in [0.29, 0.717) is 10.2 Å². The minimum absolute atomic E-state index is 0.227. The average Bonchev–Trinajstić information content (AvgIpc) is 3.04. The Morgan fingerprint density at radius 3 is 2.44 bits per heavy atom. The number of aromatic nitrogens is 2. The Labute approximate surface area is 148 Å². The standard InChI is InChI=1S/C16H9BrF3N3O2/c17-11-7-6-10(8-21-11)22-14(24)12-13(16(18,19)20)25-15(23-12)9-4-2-1-3-5-9/h1-8H,(H,22,24). The largest absolute Gasteiger partial charge is 0.452 e. The molecular formula is C16H9BrF3N3O2. The monoisotopic (exact) mass is 411 g/mol. The molecule has 1 amide bonds. The summed E-state index contributed by atoms with van der Waals surface area (Å²) in [5.41, 5.74) is -0.280. The minimum atomic E-state index is -4.86. The molecule has 25 heavy (non-hydrogen) atoms. The van der Waals surface area contributed by atoms with Crippen LogP contribution in [0.4, 0.5) is 18.9 Å². The van der Waals surface area contributed by atoms with E-state index in [1.165, 1.54) is 24.4 Å². The Morgan fingerprint density at radius 2 is 1.84 bits per heavy atom. The lowest BCUT2D eigenvalue weighted by molar-refractivity contribution is -0.153. The van der Waals surface area contributed by atoms with Gasteiger partial charge < -0.3 is 9.73 Å². The number of nitrogens with zero attached hydrogens (tertiary/aromatic N) is 2. The van der Waals surface area contributed by atoms with Crippen LogP contribution in [-0.4, -0.2) is 15.9 Å². The maximum atomic E-state index is 13.2. The highest BCUT2D eigenvalue weighted by atomic mass is 79.9. The summed E-state index contributed by atoms with van der Waals surface area (Å²) in [6.07, 6.45) is -3.56. The van der Waals surface area contributed by atoms with Gasteiger partial charge in [0.25, 0.3) is 5.91 Å². The lowest BCUT2D eigenvalue weighted by atomic mass is 10.2. The number of hydrogen-bond donors (Lipinski definition) is 1. The first-order valence-corrected chi connectivity index (χ1v) is 7.70. The molecule has 2 aromatic heterocycles. The Morgan fingerprint density at radius 1 is 1.12 bits per heavy atom. The molecule has 128 valence electrons. The molecule has 3 rings (SSSR count). The highest BCUT2D eigenvalue weighted by molar-refractivity contribution is 9.10. The van der Waals surface area contributed by atoms with Gasteiger partial charge in [0.05, 0.1) is 11.9 Å². The Bertz CT molecular complexity index is 893. The van der Waals surface area contributed by atoms with E-state index in [2.05, 4.69) is 31.2 Å². The molecule has 0 saturated heterocycles. The van der Waals surface area contributed by atoms with Crippen LogP contribution < -0.4 is 5.32 Å². The van der Waals surface area contributed by atoms with E-state index in [0.717, 1.165) is 0 Å². The molecule has 0 atom stereocenters. The molecule has 0 aliphatic carbocycles. The number of carbonyl (C=O) groups excluding carboxylic acids is 1. The number of halogens is 4. The van der Waals surface area contributed by atoms with Crippen LogP contribution in [0.15, 0.2) is 57.7 Å². The molecule has 1 aromatic carbocycles. The number of rotatable bonds is 3. The molecule has 0 radical (unpaired) electrons. The molecule has 3 aromatic rings. The number of alkyl halides is 3. The van der Waals surface area contributed by atoms with Gasteiger partial charge in [-0.1, -0.05) is 18.2 Å². The summed E-state index contributed by atoms with van der Waals surface area (Å²) in [6, 6.07) is 11.0. The number of pyridine rings is 1. The van der Waals surface area contributed by atoms with Crippen molar-refractivity contribution in [1.29, 1.82) is 0 Å². The normalized spacial score (nSPS) is 11.4. The maximum absolute atomic E-state index is 13.2. The smallest absolute Gasteiger partial charge is 0.431 e. The van der Waals surface area contributed by atoms with E-state index in [1.807, 2.05) is 0 Å². The van der Waals surface area contributed by atoms with E-state index in [9.17, 15) is 18.0 Å². The highest BCUT2D eigenvalue weighted by Crippen LogP contribution is 2.35. The second-order valence-corrected chi connectivity index (χ2v) is 5.70. The van der Waals surface area contributed by atoms with Gasteiger partial charge in [0.2, 0.25) is 11.7 Å². The van der Waals surface area contributed by atoms with Gasteiger partial charge in [0.1, 0.15) is 4.60 Å². The quantitative estimate of drug-likeness (QED) is 0.630. The summed E-state index contributed by atoms with van der Waals surface area (Å²) in [5, 5.41) is 2.32. The van der Waals surface area contributed by atoms with Crippen molar-refractivity contribution in [3.63, 3.8) is 0 Å². The molecular weight excluding hydrogens is 403 g/mol. The van der Waals surface area contributed by atoms with Crippen LogP contribution >= 0.6 is 15.9 Å². The van der Waals surface area contributed by atoms with Gasteiger partial charge in [-0.05, 0) is 40.2 Å². The van der Waals surface area contributed by atoms with Gasteiger partial charge >= 0.3 is 6.18 Å². The molecule has 0 aliphatic rings. The molecule has 0 aliphatic heterocycles. The van der Waals surface area contributed by atoms with Crippen molar-refractivity contribution in [2.45, 2.75) is 6.18 Å². The fraction of sp³-hybridized carbons (Fsp3) is 0.0625. The van der Waals surface area contributed by atoms with Crippen molar-refractivity contribution >= 4 is 27.5 Å². The van der Waals surface area contributed by atoms with E-state index in [4.69, 9.17) is 4.42 Å². The second-order valence-electron chi connectivity index (χ2n) is 4.88. The van der Waals surface area contributed by atoms with Crippen LogP contribution in [0.5, 0.6) is 0 Å². The van der Waals surface area contributed by atoms with Crippen molar-refractivity contribution in [3.05, 3.63) is 64.7 Å². The molecule has 0 unspecified atom stereocenters. The van der Waals surface area contributed by atoms with Gasteiger partial charge in [-0.15, -0.1) is 0 Å². The van der Waals surface area contributed by atoms with E-state index < -0.39 is 23.5 Å². The maximum Gasteiger partial charge on any atom is 0.452 e. The summed E-state index contributed by atoms with van der Waals surface area (Å²) in [6.45, 7) is 0. The molecule has 9 heteroatoms. The first-order chi connectivity index (χ1) is 11.8. The van der Waals surface area contributed by atoms with Crippen LogP contribution in [0.3, 0.4) is 0 Å². The number of oxazole rings is 1. The predicted molar refractivity (Wildman–Crippen MR) is 86.8 cm³/mol. The summed E-state index contributed by atoms with van der Waals surface area (Å²) in [7, 11) is 0. The fourth-order valence-corrected chi connectivity index (χ4v) is 2.24. The zero-order chi connectivity index (χ0) is 18.0. The SMILES string of the molecule is O=C(Nc1ccc(Br)nc1)c1nc(-c2ccccc2)oc1C(F)(F)F. The number of anilines is 1. The van der Waals surface area contributed by atoms with Crippen LogP contribution in [-0.2, 0) is 6.18 Å². The van der Waals surface area contributed by atoms with Crippen LogP contribution in [0.1, 0.15) is 16.2 Å². The molecule has 0 fully saturated rings. The van der Waals surface area contributed by atoms with Gasteiger partial charge in [-0.3, -0.25) is 4.79 Å². The van der Waals surface area contributed by atoms with Crippen molar-refractivity contribution in [2.75, 3.05) is 5.32 Å². The zero-order valence-corrected chi connectivity index (χ0v) is 13.9. The molecule has 0 saturated carbocycles. The molecule has 0 bridgehead atoms. The number of benzene rings is 1. The highest BCUT2D eigenvalue weighted by Gasteiger charge is 2.42. The summed E-state index contributed by atoms with van der Waals surface area (Å²) >= 11 is 3.12. The predicted octanol–water partition coefficient (Wildman–Crippen LogP) is 4.77. The Hall–Kier alpha value is -2.68. The lowest BCUT2D eigenvalue weighted by Crippen LogP contribution is -2.18. The van der Waals surface area contributed by atoms with Gasteiger partial charge in [0.15, 0.2) is 5.69 Å². The number of carbonyl (C=O) groups is 1. The lowest BCUT2D eigenvalue weighted by Gasteiger charge is -2.06. The fourth-order valence-electron chi connectivity index (χ4n) is 2.01. The van der Waals surface area contributed by atoms with Gasteiger partial charge in [-0.25, -0.2) is 9.97 Å². The zero-order valence-electron chi connectivity index (χ0n) is 12.3. The molecule has 2 heterocycles.